The van der Waals surface area contributed by atoms with E-state index in [9.17, 15) is 14.0 Å². The van der Waals surface area contributed by atoms with Gasteiger partial charge in [-0.1, -0.05) is 50.2 Å². The molecule has 1 saturated carbocycles. The lowest BCUT2D eigenvalue weighted by atomic mass is 9.84. The van der Waals surface area contributed by atoms with E-state index in [2.05, 4.69) is 36.6 Å². The number of hydrogen-bond acceptors (Lipinski definition) is 3. The minimum atomic E-state index is -0.611. The molecule has 0 spiro atoms. The Hall–Kier alpha value is -2.89. The van der Waals surface area contributed by atoms with Crippen molar-refractivity contribution in [1.29, 1.82) is 0 Å². The Morgan fingerprint density at radius 1 is 1.18 bits per heavy atom. The van der Waals surface area contributed by atoms with Crippen molar-refractivity contribution in [3.8, 4) is 5.75 Å². The van der Waals surface area contributed by atoms with Crippen molar-refractivity contribution in [1.82, 2.24) is 10.6 Å². The second-order valence-electron chi connectivity index (χ2n) is 10.2. The second-order valence-corrected chi connectivity index (χ2v) is 10.2. The van der Waals surface area contributed by atoms with Gasteiger partial charge in [-0.2, -0.15) is 0 Å². The van der Waals surface area contributed by atoms with E-state index in [1.54, 1.807) is 12.1 Å². The largest absolute Gasteiger partial charge is 0.497 e. The maximum absolute atomic E-state index is 14.6. The van der Waals surface area contributed by atoms with Crippen molar-refractivity contribution in [2.75, 3.05) is 13.7 Å². The number of halogens is 1. The van der Waals surface area contributed by atoms with Gasteiger partial charge in [-0.15, -0.1) is 0 Å². The summed E-state index contributed by atoms with van der Waals surface area (Å²) in [6, 6.07) is 15.1. The van der Waals surface area contributed by atoms with Gasteiger partial charge in [-0.3, -0.25) is 9.59 Å². The number of hydrogen-bond donors (Lipinski definition) is 2. The summed E-state index contributed by atoms with van der Waals surface area (Å²) in [5.41, 5.74) is 1.25. The third-order valence-electron chi connectivity index (χ3n) is 7.68. The zero-order chi connectivity index (χ0) is 23.7. The molecular weight excluding hydrogens is 419 g/mol. The molecule has 0 aromatic heterocycles. The zero-order valence-electron chi connectivity index (χ0n) is 19.7. The quantitative estimate of drug-likeness (QED) is 0.597. The van der Waals surface area contributed by atoms with Crippen molar-refractivity contribution >= 4 is 11.8 Å². The number of benzene rings is 2. The van der Waals surface area contributed by atoms with Gasteiger partial charge in [0.05, 0.1) is 7.11 Å². The molecule has 2 aliphatic rings. The van der Waals surface area contributed by atoms with E-state index in [0.29, 0.717) is 43.5 Å². The molecule has 33 heavy (non-hydrogen) atoms. The van der Waals surface area contributed by atoms with E-state index in [-0.39, 0.29) is 34.9 Å². The predicted octanol–water partition coefficient (Wildman–Crippen LogP) is 4.29. The maximum Gasteiger partial charge on any atom is 0.220 e. The van der Waals surface area contributed by atoms with Crippen LogP contribution in [0.5, 0.6) is 5.75 Å². The van der Waals surface area contributed by atoms with Gasteiger partial charge in [0.1, 0.15) is 11.6 Å². The Labute approximate surface area is 195 Å². The summed E-state index contributed by atoms with van der Waals surface area (Å²) in [5, 5.41) is 6.17. The average molecular weight is 453 g/mol. The van der Waals surface area contributed by atoms with Crippen LogP contribution in [0.4, 0.5) is 4.39 Å². The van der Waals surface area contributed by atoms with Gasteiger partial charge in [0.2, 0.25) is 11.8 Å². The van der Waals surface area contributed by atoms with Gasteiger partial charge in [-0.25, -0.2) is 4.39 Å². The standard InChI is InChI=1S/C27H33FN2O3/c1-25(2)17-27(25,20-7-5-4-6-8-20)18-29-23(31)11-13-26(14-12-24(32)30-26)16-19-9-10-21(33-3)15-22(19)28/h4-10,15H,11-14,16-18H2,1-3H3,(H,29,31)(H,30,32)/t26-,27+/m1/s1. The number of ether oxygens (including phenoxy) is 1. The lowest BCUT2D eigenvalue weighted by Gasteiger charge is -2.30. The van der Waals surface area contributed by atoms with Crippen LogP contribution in [0.3, 0.4) is 0 Å². The van der Waals surface area contributed by atoms with Crippen molar-refractivity contribution in [3.63, 3.8) is 0 Å². The molecule has 2 aromatic carbocycles. The third-order valence-corrected chi connectivity index (χ3v) is 7.68. The van der Waals surface area contributed by atoms with Crippen LogP contribution in [0.1, 0.15) is 57.1 Å². The second kappa shape index (κ2) is 8.81. The van der Waals surface area contributed by atoms with E-state index in [1.165, 1.54) is 18.7 Å². The Morgan fingerprint density at radius 3 is 2.48 bits per heavy atom. The van der Waals surface area contributed by atoms with Gasteiger partial charge >= 0.3 is 0 Å². The van der Waals surface area contributed by atoms with Crippen LogP contribution in [0.15, 0.2) is 48.5 Å². The SMILES string of the molecule is COc1ccc(C[C@@]2(CCC(=O)NC[C@]3(c4ccccc4)CC3(C)C)CCC(=O)N2)c(F)c1. The molecule has 1 saturated heterocycles. The Bertz CT molecular complexity index is 1040. The van der Waals surface area contributed by atoms with Crippen molar-refractivity contribution in [2.24, 2.45) is 5.41 Å². The van der Waals surface area contributed by atoms with E-state index >= 15 is 0 Å². The number of rotatable bonds is 9. The lowest BCUT2D eigenvalue weighted by molar-refractivity contribution is -0.122. The molecule has 2 N–H and O–H groups in total. The van der Waals surface area contributed by atoms with Crippen molar-refractivity contribution in [3.05, 3.63) is 65.5 Å². The first-order chi connectivity index (χ1) is 15.7. The molecule has 2 aromatic rings. The van der Waals surface area contributed by atoms with Crippen molar-refractivity contribution < 1.29 is 18.7 Å². The smallest absolute Gasteiger partial charge is 0.220 e. The van der Waals surface area contributed by atoms with E-state index in [0.717, 1.165) is 6.42 Å². The molecule has 2 fully saturated rings. The number of nitrogens with one attached hydrogen (secondary N) is 2. The summed E-state index contributed by atoms with van der Waals surface area (Å²) in [6.45, 7) is 5.06. The molecule has 176 valence electrons. The van der Waals surface area contributed by atoms with Crippen LogP contribution in [0.2, 0.25) is 0 Å². The summed E-state index contributed by atoms with van der Waals surface area (Å²) >= 11 is 0. The van der Waals surface area contributed by atoms with Gasteiger partial charge in [0.15, 0.2) is 0 Å². The molecule has 0 unspecified atom stereocenters. The molecule has 1 heterocycles. The minimum absolute atomic E-state index is 0.0382. The van der Waals surface area contributed by atoms with Crippen LogP contribution in [-0.2, 0) is 21.4 Å². The summed E-state index contributed by atoms with van der Waals surface area (Å²) in [7, 11) is 1.50. The minimum Gasteiger partial charge on any atom is -0.497 e. The molecule has 0 radical (unpaired) electrons. The van der Waals surface area contributed by atoms with Crippen LogP contribution >= 0.6 is 0 Å². The zero-order valence-corrected chi connectivity index (χ0v) is 19.7. The van der Waals surface area contributed by atoms with Gasteiger partial charge in [0.25, 0.3) is 0 Å². The summed E-state index contributed by atoms with van der Waals surface area (Å²) < 4.78 is 19.7. The maximum atomic E-state index is 14.6. The fraction of sp³-hybridized carbons (Fsp3) is 0.481. The molecule has 1 aliphatic heterocycles. The third kappa shape index (κ3) is 4.75. The molecule has 5 nitrogen and oxygen atoms in total. The topological polar surface area (TPSA) is 67.4 Å². The first-order valence-electron chi connectivity index (χ1n) is 11.6. The van der Waals surface area contributed by atoms with E-state index in [1.807, 2.05) is 18.2 Å². The van der Waals surface area contributed by atoms with Crippen LogP contribution in [0.25, 0.3) is 0 Å². The number of amides is 2. The molecule has 6 heteroatoms. The summed E-state index contributed by atoms with van der Waals surface area (Å²) in [4.78, 5) is 24.9. The number of carbonyl (C=O) groups excluding carboxylic acids is 2. The molecule has 1 aliphatic carbocycles. The molecule has 2 atom stereocenters. The molecular formula is C27H33FN2O3. The predicted molar refractivity (Wildman–Crippen MR) is 126 cm³/mol. The van der Waals surface area contributed by atoms with E-state index < -0.39 is 5.54 Å². The monoisotopic (exact) mass is 452 g/mol. The van der Waals surface area contributed by atoms with Crippen LogP contribution in [-0.4, -0.2) is 31.0 Å². The van der Waals surface area contributed by atoms with Gasteiger partial charge in [0, 0.05) is 36.4 Å². The summed E-state index contributed by atoms with van der Waals surface area (Å²) in [5.74, 6) is 0.00592. The lowest BCUT2D eigenvalue weighted by Crippen LogP contribution is -2.45. The molecule has 2 amide bonds. The number of carbonyl (C=O) groups is 2. The first kappa shape index (κ1) is 23.3. The highest BCUT2D eigenvalue weighted by Gasteiger charge is 2.61. The Morgan fingerprint density at radius 2 is 1.91 bits per heavy atom. The Balaban J connectivity index is 1.39. The Kier molecular flexibility index (Phi) is 6.21. The number of methoxy groups -OCH3 is 1. The highest BCUT2D eigenvalue weighted by Crippen LogP contribution is 2.63. The first-order valence-corrected chi connectivity index (χ1v) is 11.6. The van der Waals surface area contributed by atoms with Crippen LogP contribution in [0, 0.1) is 11.2 Å². The normalized spacial score (nSPS) is 25.4. The van der Waals surface area contributed by atoms with E-state index in [4.69, 9.17) is 4.74 Å². The fourth-order valence-electron chi connectivity index (χ4n) is 5.40. The fourth-order valence-corrected chi connectivity index (χ4v) is 5.40. The highest BCUT2D eigenvalue weighted by molar-refractivity contribution is 5.80. The average Bonchev–Trinajstić information content (AvgIpc) is 3.18. The van der Waals surface area contributed by atoms with Gasteiger partial charge in [-0.05, 0) is 48.3 Å². The highest BCUT2D eigenvalue weighted by atomic mass is 19.1. The molecule has 4 rings (SSSR count). The summed E-state index contributed by atoms with van der Waals surface area (Å²) in [6.07, 6.45) is 3.11. The van der Waals surface area contributed by atoms with Gasteiger partial charge < -0.3 is 15.4 Å². The van der Waals surface area contributed by atoms with Crippen LogP contribution < -0.4 is 15.4 Å². The van der Waals surface area contributed by atoms with Crippen molar-refractivity contribution in [2.45, 2.75) is 63.3 Å². The molecule has 0 bridgehead atoms.